The molecule has 1 saturated heterocycles. The first kappa shape index (κ1) is 18.5. The van der Waals surface area contributed by atoms with Gasteiger partial charge >= 0.3 is 0 Å². The van der Waals surface area contributed by atoms with Gasteiger partial charge in [-0.1, -0.05) is 6.07 Å². The Bertz CT molecular complexity index is 952. The van der Waals surface area contributed by atoms with Crippen molar-refractivity contribution >= 4 is 23.0 Å². The first-order valence-electron chi connectivity index (χ1n) is 9.43. The number of nitrogens with one attached hydrogen (secondary N) is 1. The average Bonchev–Trinajstić information content (AvgIpc) is 3.25. The average molecular weight is 393 g/mol. The first-order valence-corrected chi connectivity index (χ1v) is 9.84. The number of anilines is 1. The number of nitrogens with zero attached hydrogens (tertiary/aromatic N) is 3. The zero-order chi connectivity index (χ0) is 19.7. The molecule has 1 aromatic carbocycles. The molecule has 0 saturated carbocycles. The highest BCUT2D eigenvalue weighted by atomic mass is 32.1. The fraction of sp³-hybridized carbons (Fsp3) is 0.273. The lowest BCUT2D eigenvalue weighted by atomic mass is 10.0. The van der Waals surface area contributed by atoms with Gasteiger partial charge in [-0.15, -0.1) is 0 Å². The van der Waals surface area contributed by atoms with Crippen molar-refractivity contribution in [2.45, 2.75) is 32.0 Å². The molecule has 144 valence electrons. The van der Waals surface area contributed by atoms with Gasteiger partial charge in [0.05, 0.1) is 17.8 Å². The lowest BCUT2D eigenvalue weighted by Gasteiger charge is -2.28. The van der Waals surface area contributed by atoms with E-state index in [0.717, 1.165) is 17.1 Å². The van der Waals surface area contributed by atoms with E-state index in [1.165, 1.54) is 5.69 Å². The van der Waals surface area contributed by atoms with Crippen LogP contribution in [0.3, 0.4) is 0 Å². The van der Waals surface area contributed by atoms with E-state index >= 15 is 0 Å². The molecule has 6 heteroatoms. The Labute approximate surface area is 171 Å². The molecule has 2 atom stereocenters. The lowest BCUT2D eigenvalue weighted by molar-refractivity contribution is 0.242. The van der Waals surface area contributed by atoms with E-state index in [2.05, 4.69) is 57.3 Å². The molecule has 5 nitrogen and oxygen atoms in total. The molecule has 3 aromatic rings. The van der Waals surface area contributed by atoms with Gasteiger partial charge in [-0.25, -0.2) is 0 Å². The fourth-order valence-corrected chi connectivity index (χ4v) is 4.02. The van der Waals surface area contributed by atoms with E-state index in [9.17, 15) is 0 Å². The molecule has 0 aliphatic carbocycles. The summed E-state index contributed by atoms with van der Waals surface area (Å²) in [7, 11) is 2.06. The summed E-state index contributed by atoms with van der Waals surface area (Å²) in [6, 6.07) is 18.2. The maximum absolute atomic E-state index is 5.79. The van der Waals surface area contributed by atoms with Gasteiger partial charge in [0.2, 0.25) is 0 Å². The van der Waals surface area contributed by atoms with Gasteiger partial charge < -0.3 is 19.5 Å². The van der Waals surface area contributed by atoms with Crippen molar-refractivity contribution in [3.05, 3.63) is 78.4 Å². The minimum Gasteiger partial charge on any atom is -0.491 e. The SMILES string of the molecule is CC(C)Oc1ccc(N2C(=S)NC(c3ccccn3)C2c2cccn2C)cc1. The van der Waals surface area contributed by atoms with Gasteiger partial charge in [-0.2, -0.15) is 0 Å². The summed E-state index contributed by atoms with van der Waals surface area (Å²) in [4.78, 5) is 6.75. The van der Waals surface area contributed by atoms with E-state index in [4.69, 9.17) is 17.0 Å². The number of thiocarbonyl (C=S) groups is 1. The lowest BCUT2D eigenvalue weighted by Crippen LogP contribution is -2.30. The third kappa shape index (κ3) is 3.47. The molecule has 1 fully saturated rings. The Hall–Kier alpha value is -2.86. The Morgan fingerprint density at radius 2 is 1.86 bits per heavy atom. The van der Waals surface area contributed by atoms with Crippen molar-refractivity contribution in [2.75, 3.05) is 4.90 Å². The van der Waals surface area contributed by atoms with Gasteiger partial charge in [0, 0.05) is 30.8 Å². The minimum absolute atomic E-state index is 0.000679. The van der Waals surface area contributed by atoms with E-state index < -0.39 is 0 Å². The molecule has 3 heterocycles. The molecule has 1 N–H and O–H groups in total. The smallest absolute Gasteiger partial charge is 0.174 e. The molecule has 28 heavy (non-hydrogen) atoms. The summed E-state index contributed by atoms with van der Waals surface area (Å²) in [6.07, 6.45) is 4.03. The Kier molecular flexibility index (Phi) is 5.05. The standard InChI is InChI=1S/C22H24N4OS/c1-15(2)27-17-11-9-16(10-12-17)26-21(19-8-6-14-25(19)3)20(24-22(26)28)18-7-4-5-13-23-18/h4-15,20-21H,1-3H3,(H,24,28). The van der Waals surface area contributed by atoms with Crippen LogP contribution in [-0.2, 0) is 7.05 Å². The Balaban J connectivity index is 1.74. The zero-order valence-electron chi connectivity index (χ0n) is 16.2. The Morgan fingerprint density at radius 1 is 1.07 bits per heavy atom. The van der Waals surface area contributed by atoms with Gasteiger partial charge in [0.25, 0.3) is 0 Å². The number of hydrogen-bond acceptors (Lipinski definition) is 3. The number of hydrogen-bond donors (Lipinski definition) is 1. The number of rotatable bonds is 5. The first-order chi connectivity index (χ1) is 13.5. The molecule has 0 radical (unpaired) electrons. The molecule has 0 amide bonds. The van der Waals surface area contributed by atoms with E-state index in [1.807, 2.05) is 50.4 Å². The van der Waals surface area contributed by atoms with E-state index in [1.54, 1.807) is 0 Å². The molecule has 4 rings (SSSR count). The number of pyridine rings is 1. The third-order valence-corrected chi connectivity index (χ3v) is 5.19. The largest absolute Gasteiger partial charge is 0.491 e. The molecule has 0 spiro atoms. The fourth-order valence-electron chi connectivity index (χ4n) is 3.67. The normalized spacial score (nSPS) is 19.1. The highest BCUT2D eigenvalue weighted by molar-refractivity contribution is 7.80. The number of benzene rings is 1. The second-order valence-corrected chi connectivity index (χ2v) is 7.59. The summed E-state index contributed by atoms with van der Waals surface area (Å²) >= 11 is 5.74. The number of ether oxygens (including phenoxy) is 1. The number of aromatic nitrogens is 2. The highest BCUT2D eigenvalue weighted by Crippen LogP contribution is 2.41. The van der Waals surface area contributed by atoms with Crippen molar-refractivity contribution in [3.63, 3.8) is 0 Å². The van der Waals surface area contributed by atoms with Crippen LogP contribution in [0, 0.1) is 0 Å². The second-order valence-electron chi connectivity index (χ2n) is 7.20. The van der Waals surface area contributed by atoms with Crippen LogP contribution in [0.4, 0.5) is 5.69 Å². The van der Waals surface area contributed by atoms with Crippen LogP contribution in [0.15, 0.2) is 67.0 Å². The number of aryl methyl sites for hydroxylation is 1. The maximum atomic E-state index is 5.79. The van der Waals surface area contributed by atoms with Crippen LogP contribution in [0.1, 0.15) is 37.3 Å². The molecule has 1 aliphatic heterocycles. The Morgan fingerprint density at radius 3 is 2.46 bits per heavy atom. The van der Waals surface area contributed by atoms with Crippen LogP contribution in [0.25, 0.3) is 0 Å². The monoisotopic (exact) mass is 392 g/mol. The van der Waals surface area contributed by atoms with Gasteiger partial charge in [0.15, 0.2) is 5.11 Å². The second kappa shape index (κ2) is 7.64. The van der Waals surface area contributed by atoms with E-state index in [0.29, 0.717) is 5.11 Å². The molecular weight excluding hydrogens is 368 g/mol. The molecule has 0 bridgehead atoms. The zero-order valence-corrected chi connectivity index (χ0v) is 17.1. The van der Waals surface area contributed by atoms with Crippen LogP contribution in [-0.4, -0.2) is 20.8 Å². The topological polar surface area (TPSA) is 42.3 Å². The van der Waals surface area contributed by atoms with Crippen LogP contribution < -0.4 is 15.0 Å². The molecule has 1 aliphatic rings. The summed E-state index contributed by atoms with van der Waals surface area (Å²) in [5.74, 6) is 0.855. The predicted molar refractivity (Wildman–Crippen MR) is 116 cm³/mol. The summed E-state index contributed by atoms with van der Waals surface area (Å²) < 4.78 is 7.92. The minimum atomic E-state index is -0.0334. The predicted octanol–water partition coefficient (Wildman–Crippen LogP) is 4.38. The third-order valence-electron chi connectivity index (χ3n) is 4.87. The highest BCUT2D eigenvalue weighted by Gasteiger charge is 2.41. The summed E-state index contributed by atoms with van der Waals surface area (Å²) in [6.45, 7) is 4.05. The molecular formula is C22H24N4OS. The summed E-state index contributed by atoms with van der Waals surface area (Å²) in [5.41, 5.74) is 3.17. The van der Waals surface area contributed by atoms with Gasteiger partial charge in [-0.05, 0) is 74.6 Å². The van der Waals surface area contributed by atoms with Gasteiger partial charge in [-0.3, -0.25) is 4.98 Å². The van der Waals surface area contributed by atoms with Crippen molar-refractivity contribution < 1.29 is 4.74 Å². The van der Waals surface area contributed by atoms with Crippen molar-refractivity contribution in [3.8, 4) is 5.75 Å². The van der Waals surface area contributed by atoms with Gasteiger partial charge in [0.1, 0.15) is 11.8 Å². The van der Waals surface area contributed by atoms with Crippen LogP contribution in [0.2, 0.25) is 0 Å². The quantitative estimate of drug-likeness (QED) is 0.653. The summed E-state index contributed by atoms with van der Waals surface area (Å²) in [5, 5.41) is 4.18. The maximum Gasteiger partial charge on any atom is 0.174 e. The van der Waals surface area contributed by atoms with Crippen LogP contribution in [0.5, 0.6) is 5.75 Å². The van der Waals surface area contributed by atoms with Crippen molar-refractivity contribution in [1.29, 1.82) is 0 Å². The van der Waals surface area contributed by atoms with Crippen molar-refractivity contribution in [2.24, 2.45) is 7.05 Å². The van der Waals surface area contributed by atoms with Crippen molar-refractivity contribution in [1.82, 2.24) is 14.9 Å². The van der Waals surface area contributed by atoms with Crippen LogP contribution >= 0.6 is 12.2 Å². The van der Waals surface area contributed by atoms with E-state index in [-0.39, 0.29) is 18.2 Å². The molecule has 2 unspecified atom stereocenters. The molecule has 2 aromatic heterocycles.